The van der Waals surface area contributed by atoms with Gasteiger partial charge in [-0.2, -0.15) is 0 Å². The Balaban J connectivity index is 0.898. The van der Waals surface area contributed by atoms with Gasteiger partial charge in [0.05, 0.1) is 12.2 Å². The van der Waals surface area contributed by atoms with Crippen LogP contribution in [0.25, 0.3) is 21.7 Å². The summed E-state index contributed by atoms with van der Waals surface area (Å²) in [5.41, 5.74) is 8.17. The molecule has 2 aliphatic heterocycles. The predicted molar refractivity (Wildman–Crippen MR) is 270 cm³/mol. The van der Waals surface area contributed by atoms with Crippen LogP contribution in [-0.2, 0) is 25.7 Å². The molecule has 0 saturated carbocycles. The van der Waals surface area contributed by atoms with Crippen molar-refractivity contribution in [2.75, 3.05) is 75.6 Å². The van der Waals surface area contributed by atoms with Crippen LogP contribution in [0, 0.1) is 5.92 Å². The van der Waals surface area contributed by atoms with Gasteiger partial charge >= 0.3 is 18.2 Å². The Kier molecular flexibility index (Phi) is 17.4. The summed E-state index contributed by atoms with van der Waals surface area (Å²) < 4.78 is 23.3. The van der Waals surface area contributed by atoms with E-state index in [0.717, 1.165) is 29.4 Å². The Hall–Kier alpha value is -7.58. The fraction of sp³-hybridized carbons (Fsp3) is 0.392. The van der Waals surface area contributed by atoms with Crippen molar-refractivity contribution in [3.8, 4) is 11.5 Å². The van der Waals surface area contributed by atoms with Crippen LogP contribution >= 0.6 is 11.6 Å². The molecule has 0 unspecified atom stereocenters. The molecule has 4 aromatic carbocycles. The number of likely N-dealkylation sites (N-methyl/N-ethyl adjacent to an activating group) is 1. The van der Waals surface area contributed by atoms with Crippen LogP contribution in [0.4, 0.5) is 25.8 Å². The number of nitrogens with zero attached hydrogens (tertiary/aromatic N) is 3. The number of rotatable bonds is 19. The number of fused-ring (bicyclic) bond motifs is 4. The van der Waals surface area contributed by atoms with Gasteiger partial charge in [0.25, 0.3) is 5.91 Å². The van der Waals surface area contributed by atoms with Crippen LogP contribution in [-0.4, -0.2) is 129 Å². The largest absolute Gasteiger partial charge is 0.492 e. The summed E-state index contributed by atoms with van der Waals surface area (Å²) in [6.45, 7) is 8.07. The number of urea groups is 1. The zero-order valence-corrected chi connectivity index (χ0v) is 41.3. The van der Waals surface area contributed by atoms with E-state index in [-0.39, 0.29) is 68.0 Å². The molecular weight excluding hydrogens is 950 g/mol. The van der Waals surface area contributed by atoms with Crippen LogP contribution in [0.3, 0.4) is 0 Å². The molecule has 7 N–H and O–H groups in total. The molecule has 2 aliphatic rings. The van der Waals surface area contributed by atoms with Crippen molar-refractivity contribution in [1.29, 1.82) is 0 Å². The second-order valence-corrected chi connectivity index (χ2v) is 18.4. The van der Waals surface area contributed by atoms with E-state index in [1.165, 1.54) is 6.92 Å². The third-order valence-corrected chi connectivity index (χ3v) is 12.7. The molecule has 0 bridgehead atoms. The number of alkyl halides is 1. The number of benzene rings is 4. The highest BCUT2D eigenvalue weighted by atomic mass is 35.5. The van der Waals surface area contributed by atoms with Crippen LogP contribution in [0.2, 0.25) is 0 Å². The first-order valence-electron chi connectivity index (χ1n) is 23.7. The van der Waals surface area contributed by atoms with E-state index in [0.29, 0.717) is 65.5 Å². The molecule has 21 heteroatoms. The van der Waals surface area contributed by atoms with Gasteiger partial charge in [-0.05, 0) is 78.7 Å². The van der Waals surface area contributed by atoms with E-state index < -0.39 is 42.1 Å². The highest BCUT2D eigenvalue weighted by molar-refractivity contribution is 6.19. The summed E-state index contributed by atoms with van der Waals surface area (Å²) in [4.78, 5) is 94.9. The zero-order valence-electron chi connectivity index (χ0n) is 40.6. The standard InChI is InChI=1S/C51H60ClN9O11/c1-30(2)45(56-31(3)62)47(64)58-39(10-7-17-54-49(53)66)46(63)57-35-13-11-32(12-14-35)29-70-50(67)55-18-23-69-36-15-16-41-33(24-36)25-43(71-41)48(65)61-28-34(27-52)44-38-9-6-5-8-37(38)42(26-40(44)61)72-51(68)60-21-19-59(4)20-22-60/h5-6,8-9,11-16,24-26,30,34,39,45H,7,10,17-23,27-29H2,1-4H3,(H,55,67)(H,56,62)(H,57,63)(H,58,64)(H3,53,54,66)/t34-,39+,45+/m1/s1. The summed E-state index contributed by atoms with van der Waals surface area (Å²) in [6.07, 6.45) is -0.623. The molecule has 1 aromatic heterocycles. The molecule has 72 heavy (non-hydrogen) atoms. The summed E-state index contributed by atoms with van der Waals surface area (Å²) in [7, 11) is 2.01. The van der Waals surface area contributed by atoms with Crippen LogP contribution in [0.15, 0.2) is 83.3 Å². The van der Waals surface area contributed by atoms with Crippen LogP contribution in [0.5, 0.6) is 11.5 Å². The van der Waals surface area contributed by atoms with Gasteiger partial charge in [0, 0.05) is 80.5 Å². The summed E-state index contributed by atoms with van der Waals surface area (Å²) in [6, 6.07) is 20.2. The van der Waals surface area contributed by atoms with Gasteiger partial charge in [-0.3, -0.25) is 19.2 Å². The Morgan fingerprint density at radius 2 is 1.60 bits per heavy atom. The van der Waals surface area contributed by atoms with Crippen LogP contribution in [0.1, 0.15) is 61.2 Å². The number of nitrogens with one attached hydrogen (secondary N) is 5. The molecule has 0 spiro atoms. The average Bonchev–Trinajstić information content (AvgIpc) is 3.96. The first-order chi connectivity index (χ1) is 34.6. The molecule has 1 fully saturated rings. The number of hydrogen-bond acceptors (Lipinski definition) is 12. The van der Waals surface area contributed by atoms with E-state index in [9.17, 15) is 33.6 Å². The second-order valence-electron chi connectivity index (χ2n) is 18.0. The maximum atomic E-state index is 14.2. The van der Waals surface area contributed by atoms with E-state index in [1.54, 1.807) is 78.2 Å². The number of carbonyl (C=O) groups is 7. The Morgan fingerprint density at radius 3 is 2.29 bits per heavy atom. The summed E-state index contributed by atoms with van der Waals surface area (Å²) in [5.74, 6) is -1.02. The number of furan rings is 1. The van der Waals surface area contributed by atoms with Crippen molar-refractivity contribution in [3.05, 3.63) is 95.7 Å². The molecule has 382 valence electrons. The minimum absolute atomic E-state index is 0.0674. The molecule has 20 nitrogen and oxygen atoms in total. The molecule has 5 aromatic rings. The zero-order chi connectivity index (χ0) is 51.5. The highest BCUT2D eigenvalue weighted by Crippen LogP contribution is 2.46. The third kappa shape index (κ3) is 13.2. The molecule has 0 aliphatic carbocycles. The van der Waals surface area contributed by atoms with Gasteiger partial charge < -0.3 is 65.6 Å². The minimum atomic E-state index is -0.995. The van der Waals surface area contributed by atoms with E-state index in [4.69, 9.17) is 36.0 Å². The number of piperazine rings is 1. The number of ether oxygens (including phenoxy) is 3. The van der Waals surface area contributed by atoms with Gasteiger partial charge in [0.15, 0.2) is 5.76 Å². The number of amides is 8. The van der Waals surface area contributed by atoms with Crippen molar-refractivity contribution in [3.63, 3.8) is 0 Å². The maximum Gasteiger partial charge on any atom is 0.415 e. The number of nitrogens with two attached hydrogens (primary N) is 1. The molecule has 8 amide bonds. The number of primary amides is 1. The summed E-state index contributed by atoms with van der Waals surface area (Å²) in [5, 5.41) is 15.4. The topological polar surface area (TPSA) is 256 Å². The number of halogens is 1. The lowest BCUT2D eigenvalue weighted by molar-refractivity contribution is -0.131. The molecule has 3 heterocycles. The number of hydrogen-bond donors (Lipinski definition) is 6. The number of alkyl carbamates (subject to hydrolysis) is 1. The molecule has 1 saturated heterocycles. The van der Waals surface area contributed by atoms with Gasteiger partial charge in [-0.15, -0.1) is 11.6 Å². The molecule has 0 radical (unpaired) electrons. The lowest BCUT2D eigenvalue weighted by Gasteiger charge is -2.31. The van der Waals surface area contributed by atoms with Crippen LogP contribution < -0.4 is 46.7 Å². The smallest absolute Gasteiger partial charge is 0.415 e. The van der Waals surface area contributed by atoms with Crippen molar-refractivity contribution in [1.82, 2.24) is 31.1 Å². The van der Waals surface area contributed by atoms with Gasteiger partial charge in [-0.1, -0.05) is 50.2 Å². The highest BCUT2D eigenvalue weighted by Gasteiger charge is 2.37. The molecule has 3 atom stereocenters. The number of anilines is 2. The van der Waals surface area contributed by atoms with E-state index >= 15 is 0 Å². The fourth-order valence-corrected chi connectivity index (χ4v) is 8.80. The van der Waals surface area contributed by atoms with Crippen molar-refractivity contribution in [2.24, 2.45) is 11.7 Å². The lowest BCUT2D eigenvalue weighted by Crippen LogP contribution is -2.54. The monoisotopic (exact) mass is 1010 g/mol. The quantitative estimate of drug-likeness (QED) is 0.0433. The van der Waals surface area contributed by atoms with Crippen molar-refractivity contribution < 1.29 is 52.2 Å². The van der Waals surface area contributed by atoms with Gasteiger partial charge in [0.1, 0.15) is 42.4 Å². The van der Waals surface area contributed by atoms with Crippen molar-refractivity contribution >= 4 is 86.6 Å². The SMILES string of the molecule is CC(=O)N[C@H](C(=O)N[C@@H](CCCNC(N)=O)C(=O)Nc1ccc(COC(=O)NCCOc2ccc3oc(C(=O)N4C[C@@H](CCl)c5c4cc(OC(=O)N4CCN(C)CC4)c4ccccc54)cc3c2)cc1)C(C)C. The first kappa shape index (κ1) is 52.2. The lowest BCUT2D eigenvalue weighted by atomic mass is 9.95. The Bertz CT molecular complexity index is 2800. The predicted octanol–water partition coefficient (Wildman–Crippen LogP) is 5.65. The van der Waals surface area contributed by atoms with E-state index in [1.807, 2.05) is 31.3 Å². The normalized spacial score (nSPS) is 15.3. The molecule has 7 rings (SSSR count). The van der Waals surface area contributed by atoms with Crippen molar-refractivity contribution in [2.45, 2.75) is 58.2 Å². The van der Waals surface area contributed by atoms with Gasteiger partial charge in [0.2, 0.25) is 17.7 Å². The molecular formula is C51H60ClN9O11. The third-order valence-electron chi connectivity index (χ3n) is 12.4. The summed E-state index contributed by atoms with van der Waals surface area (Å²) >= 11 is 6.52. The Morgan fingerprint density at radius 1 is 0.861 bits per heavy atom. The second kappa shape index (κ2) is 24.0. The average molecular weight is 1010 g/mol. The maximum absolute atomic E-state index is 14.2. The fourth-order valence-electron chi connectivity index (χ4n) is 8.55. The number of carbonyl (C=O) groups excluding carboxylic acids is 7. The first-order valence-corrected chi connectivity index (χ1v) is 24.3. The van der Waals surface area contributed by atoms with E-state index in [2.05, 4.69) is 31.5 Å². The Labute approximate surface area is 421 Å². The van der Waals surface area contributed by atoms with Gasteiger partial charge in [-0.25, -0.2) is 14.4 Å². The minimum Gasteiger partial charge on any atom is -0.492 e.